The fraction of sp³-hybridized carbons (Fsp3) is 0.818. The number of hydrogen-bond donors (Lipinski definition) is 3. The van der Waals surface area contributed by atoms with Crippen LogP contribution in [0.15, 0.2) is 48.6 Å². The highest BCUT2D eigenvalue weighted by Gasteiger charge is 2.24. The van der Waals surface area contributed by atoms with Gasteiger partial charge in [-0.3, -0.25) is 9.59 Å². The smallest absolute Gasteiger partial charge is 0.306 e. The third-order valence-corrected chi connectivity index (χ3v) is 12.0. The maximum absolute atomic E-state index is 13.2. The lowest BCUT2D eigenvalue weighted by Crippen LogP contribution is -2.46. The lowest BCUT2D eigenvalue weighted by molar-refractivity contribution is -0.151. The van der Waals surface area contributed by atoms with Crippen LogP contribution in [0.4, 0.5) is 0 Å². The van der Waals surface area contributed by atoms with E-state index < -0.39 is 18.2 Å². The highest BCUT2D eigenvalue weighted by Crippen LogP contribution is 2.17. The molecule has 0 aliphatic heterocycles. The number of esters is 1. The van der Waals surface area contributed by atoms with Crippen molar-refractivity contribution >= 4 is 11.9 Å². The first kappa shape index (κ1) is 58.8. The Morgan fingerprint density at radius 1 is 0.492 bits per heavy atom. The third kappa shape index (κ3) is 44.2. The molecule has 6 heteroatoms. The van der Waals surface area contributed by atoms with E-state index in [2.05, 4.69) is 74.7 Å². The standard InChI is InChI=1S/C55H101NO5/c1-4-7-10-13-16-19-22-25-27-29-32-35-38-41-44-47-53(58)52(50-57)56-54(59)49-51(46-43-40-37-34-31-24-21-18-15-12-9-6-3)61-55(60)48-45-42-39-36-33-30-28-26-23-20-17-14-11-8-5-2/h8,11,14,17,20,23,34,37,51-53,57-58H,4-7,9-10,12-13,15-16,18-19,21-22,24-33,35-36,38-50H2,1-3H3,(H,56,59)/b11-8+,17-14+,23-20+,37-34-. The number of aliphatic hydroxyl groups is 2. The molecule has 0 aromatic heterocycles. The Balaban J connectivity index is 4.56. The predicted molar refractivity (Wildman–Crippen MR) is 264 cm³/mol. The second kappa shape index (κ2) is 48.8. The van der Waals surface area contributed by atoms with Gasteiger partial charge in [-0.25, -0.2) is 0 Å². The van der Waals surface area contributed by atoms with Crippen LogP contribution >= 0.6 is 0 Å². The van der Waals surface area contributed by atoms with Crippen molar-refractivity contribution in [3.8, 4) is 0 Å². The molecule has 3 atom stereocenters. The number of nitrogens with one attached hydrogen (secondary N) is 1. The second-order valence-electron chi connectivity index (χ2n) is 18.0. The molecular formula is C55H101NO5. The largest absolute Gasteiger partial charge is 0.462 e. The van der Waals surface area contributed by atoms with Crippen LogP contribution in [0.5, 0.6) is 0 Å². The number of aliphatic hydroxyl groups excluding tert-OH is 2. The minimum Gasteiger partial charge on any atom is -0.462 e. The Morgan fingerprint density at radius 2 is 0.918 bits per heavy atom. The van der Waals surface area contributed by atoms with Gasteiger partial charge in [0.2, 0.25) is 5.91 Å². The van der Waals surface area contributed by atoms with E-state index in [-0.39, 0.29) is 24.9 Å². The molecule has 6 nitrogen and oxygen atoms in total. The lowest BCUT2D eigenvalue weighted by atomic mass is 10.0. The van der Waals surface area contributed by atoms with E-state index >= 15 is 0 Å². The van der Waals surface area contributed by atoms with Gasteiger partial charge in [0.1, 0.15) is 6.10 Å². The number of unbranched alkanes of at least 4 members (excludes halogenated alkanes) is 29. The van der Waals surface area contributed by atoms with Gasteiger partial charge in [-0.15, -0.1) is 0 Å². The van der Waals surface area contributed by atoms with Crippen molar-refractivity contribution in [2.24, 2.45) is 0 Å². The van der Waals surface area contributed by atoms with Gasteiger partial charge in [0, 0.05) is 6.42 Å². The molecule has 356 valence electrons. The van der Waals surface area contributed by atoms with E-state index in [1.807, 2.05) is 0 Å². The number of ether oxygens (including phenoxy) is 1. The zero-order valence-electron chi connectivity index (χ0n) is 40.5. The first-order valence-electron chi connectivity index (χ1n) is 26.4. The van der Waals surface area contributed by atoms with Gasteiger partial charge in [0.05, 0.1) is 25.2 Å². The fourth-order valence-electron chi connectivity index (χ4n) is 7.96. The molecule has 1 amide bonds. The van der Waals surface area contributed by atoms with Gasteiger partial charge in [0.25, 0.3) is 0 Å². The molecule has 0 saturated heterocycles. The molecule has 0 heterocycles. The summed E-state index contributed by atoms with van der Waals surface area (Å²) in [6.45, 7) is 6.35. The van der Waals surface area contributed by atoms with Crippen LogP contribution in [0, 0.1) is 0 Å². The van der Waals surface area contributed by atoms with E-state index in [1.165, 1.54) is 148 Å². The maximum Gasteiger partial charge on any atom is 0.306 e. The summed E-state index contributed by atoms with van der Waals surface area (Å²) in [5.74, 6) is -0.511. The second-order valence-corrected chi connectivity index (χ2v) is 18.0. The van der Waals surface area contributed by atoms with Gasteiger partial charge in [-0.05, 0) is 64.2 Å². The number of amides is 1. The summed E-state index contributed by atoms with van der Waals surface area (Å²) in [5.41, 5.74) is 0. The highest BCUT2D eigenvalue weighted by molar-refractivity contribution is 5.77. The predicted octanol–water partition coefficient (Wildman–Crippen LogP) is 15.8. The van der Waals surface area contributed by atoms with E-state index in [4.69, 9.17) is 4.74 Å². The van der Waals surface area contributed by atoms with Crippen molar-refractivity contribution in [1.82, 2.24) is 5.32 Å². The van der Waals surface area contributed by atoms with Crippen molar-refractivity contribution in [3.63, 3.8) is 0 Å². The minimum atomic E-state index is -0.796. The quantitative estimate of drug-likeness (QED) is 0.0245. The Labute approximate surface area is 378 Å². The minimum absolute atomic E-state index is 0.0526. The van der Waals surface area contributed by atoms with E-state index in [0.29, 0.717) is 19.3 Å². The van der Waals surface area contributed by atoms with Crippen LogP contribution in [-0.2, 0) is 14.3 Å². The lowest BCUT2D eigenvalue weighted by Gasteiger charge is -2.24. The van der Waals surface area contributed by atoms with Gasteiger partial charge < -0.3 is 20.3 Å². The summed E-state index contributed by atoms with van der Waals surface area (Å²) in [6, 6.07) is -0.711. The van der Waals surface area contributed by atoms with Crippen molar-refractivity contribution in [3.05, 3.63) is 48.6 Å². The van der Waals surface area contributed by atoms with Crippen LogP contribution in [0.25, 0.3) is 0 Å². The van der Waals surface area contributed by atoms with Crippen LogP contribution in [0.3, 0.4) is 0 Å². The van der Waals surface area contributed by atoms with Crippen molar-refractivity contribution < 1.29 is 24.5 Å². The van der Waals surface area contributed by atoms with E-state index in [0.717, 1.165) is 70.6 Å². The van der Waals surface area contributed by atoms with Crippen molar-refractivity contribution in [1.29, 1.82) is 0 Å². The average Bonchev–Trinajstić information content (AvgIpc) is 3.25. The van der Waals surface area contributed by atoms with Gasteiger partial charge in [-0.2, -0.15) is 0 Å². The molecule has 0 saturated carbocycles. The summed E-state index contributed by atoms with van der Waals surface area (Å²) in [6.07, 6.45) is 58.9. The summed E-state index contributed by atoms with van der Waals surface area (Å²) < 4.78 is 5.91. The Bertz CT molecular complexity index is 1050. The summed E-state index contributed by atoms with van der Waals surface area (Å²) in [5, 5.41) is 23.8. The van der Waals surface area contributed by atoms with Gasteiger partial charge in [0.15, 0.2) is 0 Å². The molecule has 3 N–H and O–H groups in total. The molecule has 61 heavy (non-hydrogen) atoms. The van der Waals surface area contributed by atoms with Crippen LogP contribution in [-0.4, -0.2) is 46.9 Å². The molecular weight excluding hydrogens is 755 g/mol. The molecule has 3 unspecified atom stereocenters. The molecule has 0 aromatic rings. The van der Waals surface area contributed by atoms with Crippen LogP contribution in [0.1, 0.15) is 265 Å². The third-order valence-electron chi connectivity index (χ3n) is 12.0. The van der Waals surface area contributed by atoms with Gasteiger partial charge >= 0.3 is 5.97 Å². The molecule has 0 fully saturated rings. The topological polar surface area (TPSA) is 95.9 Å². The Kier molecular flexibility index (Phi) is 47.1. The summed E-state index contributed by atoms with van der Waals surface area (Å²) >= 11 is 0. The summed E-state index contributed by atoms with van der Waals surface area (Å²) in [7, 11) is 0. The number of hydrogen-bond acceptors (Lipinski definition) is 5. The first-order valence-corrected chi connectivity index (χ1v) is 26.4. The zero-order chi connectivity index (χ0) is 44.5. The maximum atomic E-state index is 13.2. The Morgan fingerprint density at radius 3 is 1.41 bits per heavy atom. The first-order chi connectivity index (χ1) is 30.0. The SMILES string of the molecule is CC/C=C/C=C/C=C/CCCCCCCCCC(=O)OC(CCC/C=C\CCCCCCCCC)CC(=O)NC(CO)C(O)CCCCCCCCCCCCCCCCC. The average molecular weight is 856 g/mol. The highest BCUT2D eigenvalue weighted by atomic mass is 16.5. The molecule has 0 rings (SSSR count). The van der Waals surface area contributed by atoms with Crippen LogP contribution in [0.2, 0.25) is 0 Å². The Hall–Kier alpha value is -2.18. The monoisotopic (exact) mass is 856 g/mol. The van der Waals surface area contributed by atoms with Crippen molar-refractivity contribution in [2.45, 2.75) is 283 Å². The number of carbonyl (C=O) groups excluding carboxylic acids is 2. The molecule has 0 radical (unpaired) electrons. The molecule has 0 aliphatic carbocycles. The number of rotatable bonds is 47. The summed E-state index contributed by atoms with van der Waals surface area (Å²) in [4.78, 5) is 26.1. The normalized spacial score (nSPS) is 13.6. The van der Waals surface area contributed by atoms with Gasteiger partial charge in [-0.1, -0.05) is 236 Å². The molecule has 0 aromatic carbocycles. The van der Waals surface area contributed by atoms with E-state index in [1.54, 1.807) is 0 Å². The molecule has 0 spiro atoms. The van der Waals surface area contributed by atoms with Crippen molar-refractivity contribution in [2.75, 3.05) is 6.61 Å². The van der Waals surface area contributed by atoms with E-state index in [9.17, 15) is 19.8 Å². The number of allylic oxidation sites excluding steroid dienone is 8. The molecule has 0 aliphatic rings. The number of carbonyl (C=O) groups is 2. The zero-order valence-corrected chi connectivity index (χ0v) is 40.5. The van der Waals surface area contributed by atoms with Crippen LogP contribution < -0.4 is 5.32 Å². The fourth-order valence-corrected chi connectivity index (χ4v) is 7.96. The molecule has 0 bridgehead atoms.